The van der Waals surface area contributed by atoms with Crippen molar-refractivity contribution in [2.24, 2.45) is 0 Å². The lowest BCUT2D eigenvalue weighted by Crippen LogP contribution is -2.31. The topological polar surface area (TPSA) is 99.5 Å². The van der Waals surface area contributed by atoms with E-state index in [1.165, 1.54) is 6.33 Å². The molecule has 4 aromatic rings. The number of hydrogen-bond donors (Lipinski definition) is 2. The van der Waals surface area contributed by atoms with E-state index in [1.807, 2.05) is 61.5 Å². The zero-order chi connectivity index (χ0) is 25.8. The van der Waals surface area contributed by atoms with Crippen molar-refractivity contribution < 1.29 is 19.0 Å². The van der Waals surface area contributed by atoms with Gasteiger partial charge in [0.25, 0.3) is 5.91 Å². The molecular formula is C28H27N5O4. The highest BCUT2D eigenvalue weighted by molar-refractivity contribution is 6.06. The number of nitrogens with zero attached hydrogens (tertiary/aromatic N) is 3. The molecule has 37 heavy (non-hydrogen) atoms. The maximum absolute atomic E-state index is 13.8. The van der Waals surface area contributed by atoms with E-state index in [0.717, 1.165) is 11.1 Å². The number of ether oxygens (including phenoxy) is 3. The van der Waals surface area contributed by atoms with Crippen LogP contribution in [-0.2, 0) is 11.4 Å². The number of rotatable bonds is 8. The van der Waals surface area contributed by atoms with Crippen molar-refractivity contribution in [1.82, 2.24) is 14.8 Å². The summed E-state index contributed by atoms with van der Waals surface area (Å²) >= 11 is 0. The molecule has 1 aromatic heterocycles. The molecule has 1 aliphatic heterocycles. The van der Waals surface area contributed by atoms with Gasteiger partial charge in [-0.15, -0.1) is 0 Å². The van der Waals surface area contributed by atoms with Crippen LogP contribution in [0.1, 0.15) is 24.1 Å². The molecule has 1 amide bonds. The van der Waals surface area contributed by atoms with E-state index < -0.39 is 6.04 Å². The van der Waals surface area contributed by atoms with E-state index >= 15 is 0 Å². The number of allylic oxidation sites excluding steroid dienone is 1. The maximum Gasteiger partial charge on any atom is 0.255 e. The molecule has 188 valence electrons. The number of fused-ring (bicyclic) bond motifs is 1. The van der Waals surface area contributed by atoms with Gasteiger partial charge < -0.3 is 24.8 Å². The van der Waals surface area contributed by atoms with Gasteiger partial charge >= 0.3 is 0 Å². The maximum atomic E-state index is 13.8. The summed E-state index contributed by atoms with van der Waals surface area (Å²) in [6.45, 7) is 2.24. The van der Waals surface area contributed by atoms with Crippen molar-refractivity contribution in [3.8, 4) is 17.2 Å². The number of carbonyl (C=O) groups is 1. The predicted molar refractivity (Wildman–Crippen MR) is 140 cm³/mol. The summed E-state index contributed by atoms with van der Waals surface area (Å²) in [6.07, 6.45) is 1.46. The normalized spacial score (nSPS) is 14.4. The second kappa shape index (κ2) is 10.4. The molecule has 1 aliphatic rings. The first-order valence-corrected chi connectivity index (χ1v) is 11.8. The van der Waals surface area contributed by atoms with Crippen LogP contribution < -0.4 is 24.8 Å². The Balaban J connectivity index is 1.52. The Morgan fingerprint density at radius 1 is 1.00 bits per heavy atom. The van der Waals surface area contributed by atoms with Crippen LogP contribution in [-0.4, -0.2) is 34.9 Å². The van der Waals surface area contributed by atoms with Gasteiger partial charge in [-0.25, -0.2) is 4.68 Å². The van der Waals surface area contributed by atoms with E-state index in [0.29, 0.717) is 46.8 Å². The molecule has 0 bridgehead atoms. The zero-order valence-corrected chi connectivity index (χ0v) is 20.8. The Labute approximate surface area is 214 Å². The molecule has 0 radical (unpaired) electrons. The SMILES string of the molecule is COc1ccc(NC(=O)C2=C(C)Nc3ncnn3[C@H]2c2ccccc2OCc2ccccc2)c(OC)c1. The molecule has 0 unspecified atom stereocenters. The van der Waals surface area contributed by atoms with Crippen molar-refractivity contribution in [2.45, 2.75) is 19.6 Å². The Morgan fingerprint density at radius 3 is 2.57 bits per heavy atom. The van der Waals surface area contributed by atoms with Crippen LogP contribution in [0.3, 0.4) is 0 Å². The fourth-order valence-electron chi connectivity index (χ4n) is 4.34. The molecule has 0 saturated heterocycles. The Bertz CT molecular complexity index is 1450. The van der Waals surface area contributed by atoms with E-state index in [4.69, 9.17) is 14.2 Å². The number of nitrogens with one attached hydrogen (secondary N) is 2. The van der Waals surface area contributed by atoms with E-state index in [9.17, 15) is 4.79 Å². The van der Waals surface area contributed by atoms with Gasteiger partial charge in [-0.1, -0.05) is 48.5 Å². The minimum absolute atomic E-state index is 0.308. The second-order valence-electron chi connectivity index (χ2n) is 8.43. The first kappa shape index (κ1) is 23.9. The van der Waals surface area contributed by atoms with Gasteiger partial charge in [-0.05, 0) is 30.7 Å². The smallest absolute Gasteiger partial charge is 0.255 e. The summed E-state index contributed by atoms with van der Waals surface area (Å²) in [5.41, 5.74) is 3.49. The van der Waals surface area contributed by atoms with Crippen LogP contribution in [0.4, 0.5) is 11.6 Å². The van der Waals surface area contributed by atoms with E-state index in [2.05, 4.69) is 20.7 Å². The highest BCUT2D eigenvalue weighted by Gasteiger charge is 2.35. The number of aromatic nitrogens is 3. The number of para-hydroxylation sites is 1. The molecule has 2 N–H and O–H groups in total. The molecule has 9 nitrogen and oxygen atoms in total. The minimum Gasteiger partial charge on any atom is -0.497 e. The molecule has 9 heteroatoms. The molecule has 3 aromatic carbocycles. The van der Waals surface area contributed by atoms with E-state index in [1.54, 1.807) is 37.1 Å². The van der Waals surface area contributed by atoms with Crippen molar-refractivity contribution in [3.63, 3.8) is 0 Å². The van der Waals surface area contributed by atoms with Gasteiger partial charge in [0.15, 0.2) is 0 Å². The third-order valence-electron chi connectivity index (χ3n) is 6.15. The number of benzene rings is 3. The number of methoxy groups -OCH3 is 2. The lowest BCUT2D eigenvalue weighted by atomic mass is 9.94. The number of carbonyl (C=O) groups excluding carboxylic acids is 1. The van der Waals surface area contributed by atoms with Crippen LogP contribution in [0.2, 0.25) is 0 Å². The largest absolute Gasteiger partial charge is 0.497 e. The standard InChI is InChI=1S/C28H27N5O4/c1-18-25(27(34)32-22-14-13-20(35-2)15-24(22)36-3)26(33-28(31-18)29-17-30-33)21-11-7-8-12-23(21)37-16-19-9-5-4-6-10-19/h4-15,17,26H,16H2,1-3H3,(H,32,34)(H,29,30,31)/t26-/m0/s1. The first-order chi connectivity index (χ1) is 18.1. The monoisotopic (exact) mass is 497 g/mol. The lowest BCUT2D eigenvalue weighted by Gasteiger charge is -2.30. The average Bonchev–Trinajstić information content (AvgIpc) is 3.40. The van der Waals surface area contributed by atoms with Gasteiger partial charge in [-0.2, -0.15) is 10.1 Å². The predicted octanol–water partition coefficient (Wildman–Crippen LogP) is 4.80. The van der Waals surface area contributed by atoms with Gasteiger partial charge in [0.1, 0.15) is 36.2 Å². The summed E-state index contributed by atoms with van der Waals surface area (Å²) in [6, 6.07) is 22.2. The van der Waals surface area contributed by atoms with Crippen molar-refractivity contribution in [3.05, 3.63) is 102 Å². The van der Waals surface area contributed by atoms with Crippen LogP contribution in [0, 0.1) is 0 Å². The molecule has 0 fully saturated rings. The quantitative estimate of drug-likeness (QED) is 0.361. The number of anilines is 2. The van der Waals surface area contributed by atoms with Crippen LogP contribution in [0.5, 0.6) is 17.2 Å². The number of hydrogen-bond acceptors (Lipinski definition) is 7. The van der Waals surface area contributed by atoms with Crippen LogP contribution in [0.15, 0.2) is 90.4 Å². The second-order valence-corrected chi connectivity index (χ2v) is 8.43. The molecular weight excluding hydrogens is 470 g/mol. The summed E-state index contributed by atoms with van der Waals surface area (Å²) < 4.78 is 18.7. The first-order valence-electron chi connectivity index (χ1n) is 11.8. The molecule has 1 atom stereocenters. The molecule has 2 heterocycles. The van der Waals surface area contributed by atoms with Gasteiger partial charge in [0.2, 0.25) is 5.95 Å². The summed E-state index contributed by atoms with van der Waals surface area (Å²) in [4.78, 5) is 18.1. The summed E-state index contributed by atoms with van der Waals surface area (Å²) in [5.74, 6) is 2.00. The lowest BCUT2D eigenvalue weighted by molar-refractivity contribution is -0.113. The van der Waals surface area contributed by atoms with Crippen molar-refractivity contribution in [1.29, 1.82) is 0 Å². The molecule has 0 saturated carbocycles. The highest BCUT2D eigenvalue weighted by Crippen LogP contribution is 2.40. The molecule has 5 rings (SSSR count). The third kappa shape index (κ3) is 4.84. The summed E-state index contributed by atoms with van der Waals surface area (Å²) in [5, 5.41) is 10.6. The minimum atomic E-state index is -0.574. The van der Waals surface area contributed by atoms with Gasteiger partial charge in [0, 0.05) is 17.3 Å². The summed E-state index contributed by atoms with van der Waals surface area (Å²) in [7, 11) is 3.12. The van der Waals surface area contributed by atoms with Crippen LogP contribution in [0.25, 0.3) is 0 Å². The molecule has 0 spiro atoms. The fraction of sp³-hybridized carbons (Fsp3) is 0.179. The Morgan fingerprint density at radius 2 is 1.78 bits per heavy atom. The Kier molecular flexibility index (Phi) is 6.76. The van der Waals surface area contributed by atoms with Crippen molar-refractivity contribution >= 4 is 17.5 Å². The van der Waals surface area contributed by atoms with Gasteiger partial charge in [-0.3, -0.25) is 4.79 Å². The number of amides is 1. The Hall–Kier alpha value is -4.79. The third-order valence-corrected chi connectivity index (χ3v) is 6.15. The van der Waals surface area contributed by atoms with E-state index in [-0.39, 0.29) is 5.91 Å². The fourth-order valence-corrected chi connectivity index (χ4v) is 4.34. The highest BCUT2D eigenvalue weighted by atomic mass is 16.5. The average molecular weight is 498 g/mol. The van der Waals surface area contributed by atoms with Crippen molar-refractivity contribution in [2.75, 3.05) is 24.9 Å². The van der Waals surface area contributed by atoms with Gasteiger partial charge in [0.05, 0.1) is 25.5 Å². The van der Waals surface area contributed by atoms with Crippen LogP contribution >= 0.6 is 0 Å². The zero-order valence-electron chi connectivity index (χ0n) is 20.8. The molecule has 0 aliphatic carbocycles.